The van der Waals surface area contributed by atoms with Crippen molar-refractivity contribution in [1.29, 1.82) is 0 Å². The SMILES string of the molecule is Cc1noc(-c2ccc(-c3ccc(N4CCC[C@H](C(=O)O)C4)cc3)cc2)c1NC(=O)O. The van der Waals surface area contributed by atoms with Gasteiger partial charge in [0.2, 0.25) is 0 Å². The summed E-state index contributed by atoms with van der Waals surface area (Å²) in [5.74, 6) is -0.675. The molecule has 1 atom stereocenters. The second kappa shape index (κ2) is 8.51. The number of nitrogens with zero attached hydrogens (tertiary/aromatic N) is 2. The third-order valence-corrected chi connectivity index (χ3v) is 5.58. The van der Waals surface area contributed by atoms with Crippen molar-refractivity contribution in [3.05, 3.63) is 54.2 Å². The lowest BCUT2D eigenvalue weighted by Gasteiger charge is -2.32. The summed E-state index contributed by atoms with van der Waals surface area (Å²) in [6.45, 7) is 3.07. The molecule has 1 aliphatic heterocycles. The van der Waals surface area contributed by atoms with Crippen LogP contribution in [0.3, 0.4) is 0 Å². The van der Waals surface area contributed by atoms with Gasteiger partial charge in [-0.2, -0.15) is 0 Å². The van der Waals surface area contributed by atoms with Crippen LogP contribution in [0.5, 0.6) is 0 Å². The number of carbonyl (C=O) groups is 2. The summed E-state index contributed by atoms with van der Waals surface area (Å²) >= 11 is 0. The average Bonchev–Trinajstić information content (AvgIpc) is 3.13. The Balaban J connectivity index is 1.51. The number of nitrogens with one attached hydrogen (secondary N) is 1. The van der Waals surface area contributed by atoms with Gasteiger partial charge in [0.15, 0.2) is 5.76 Å². The molecule has 4 rings (SSSR count). The van der Waals surface area contributed by atoms with E-state index in [2.05, 4.69) is 15.4 Å². The maximum Gasteiger partial charge on any atom is 0.409 e. The molecule has 160 valence electrons. The fraction of sp³-hybridized carbons (Fsp3) is 0.261. The van der Waals surface area contributed by atoms with Gasteiger partial charge in [0.25, 0.3) is 0 Å². The van der Waals surface area contributed by atoms with E-state index in [1.807, 2.05) is 48.5 Å². The second-order valence-electron chi connectivity index (χ2n) is 7.65. The number of hydrogen-bond donors (Lipinski definition) is 3. The molecule has 1 aliphatic rings. The largest absolute Gasteiger partial charge is 0.481 e. The van der Waals surface area contributed by atoms with Crippen LogP contribution in [0.15, 0.2) is 53.1 Å². The summed E-state index contributed by atoms with van der Waals surface area (Å²) in [6.07, 6.45) is 0.428. The number of aliphatic carboxylic acids is 1. The van der Waals surface area contributed by atoms with E-state index in [1.54, 1.807) is 6.92 Å². The van der Waals surface area contributed by atoms with Crippen LogP contribution in [-0.2, 0) is 4.79 Å². The van der Waals surface area contributed by atoms with Crippen molar-refractivity contribution < 1.29 is 24.3 Å². The minimum atomic E-state index is -1.17. The molecule has 0 saturated carbocycles. The highest BCUT2D eigenvalue weighted by molar-refractivity contribution is 5.89. The molecule has 0 bridgehead atoms. The van der Waals surface area contributed by atoms with Gasteiger partial charge < -0.3 is 19.6 Å². The lowest BCUT2D eigenvalue weighted by atomic mass is 9.97. The Morgan fingerprint density at radius 3 is 2.26 bits per heavy atom. The van der Waals surface area contributed by atoms with Crippen LogP contribution in [0.1, 0.15) is 18.5 Å². The number of piperidine rings is 1. The standard InChI is InChI=1S/C23H23N3O5/c1-14-20(24-23(29)30)21(31-25-14)17-6-4-15(5-7-17)16-8-10-19(11-9-16)26-12-2-3-18(13-26)22(27)28/h4-11,18,24H,2-3,12-13H2,1H3,(H,27,28)(H,29,30)/t18-/m0/s1. The highest BCUT2D eigenvalue weighted by Crippen LogP contribution is 2.33. The van der Waals surface area contributed by atoms with Gasteiger partial charge in [-0.3, -0.25) is 10.1 Å². The number of rotatable bonds is 5. The van der Waals surface area contributed by atoms with Crippen molar-refractivity contribution in [2.45, 2.75) is 19.8 Å². The van der Waals surface area contributed by atoms with E-state index in [4.69, 9.17) is 9.63 Å². The van der Waals surface area contributed by atoms with Crippen LogP contribution in [-0.4, -0.2) is 40.5 Å². The number of anilines is 2. The molecule has 2 aromatic carbocycles. The van der Waals surface area contributed by atoms with Gasteiger partial charge in [-0.25, -0.2) is 4.79 Å². The fourth-order valence-electron chi connectivity index (χ4n) is 3.91. The van der Waals surface area contributed by atoms with E-state index < -0.39 is 12.1 Å². The molecular formula is C23H23N3O5. The maximum atomic E-state index is 11.3. The number of hydrogen-bond acceptors (Lipinski definition) is 5. The molecule has 0 radical (unpaired) electrons. The number of benzene rings is 2. The monoisotopic (exact) mass is 421 g/mol. The molecule has 1 fully saturated rings. The van der Waals surface area contributed by atoms with Crippen LogP contribution >= 0.6 is 0 Å². The van der Waals surface area contributed by atoms with Crippen molar-refractivity contribution in [2.75, 3.05) is 23.3 Å². The molecule has 3 aromatic rings. The topological polar surface area (TPSA) is 116 Å². The average molecular weight is 421 g/mol. The van der Waals surface area contributed by atoms with Crippen LogP contribution in [0.25, 0.3) is 22.5 Å². The summed E-state index contributed by atoms with van der Waals surface area (Å²) in [4.78, 5) is 24.4. The van der Waals surface area contributed by atoms with Crippen LogP contribution < -0.4 is 10.2 Å². The van der Waals surface area contributed by atoms with E-state index in [0.717, 1.165) is 41.8 Å². The van der Waals surface area contributed by atoms with E-state index in [9.17, 15) is 14.7 Å². The van der Waals surface area contributed by atoms with E-state index in [-0.39, 0.29) is 5.92 Å². The Morgan fingerprint density at radius 2 is 1.65 bits per heavy atom. The molecule has 1 amide bonds. The van der Waals surface area contributed by atoms with Gasteiger partial charge in [-0.05, 0) is 43.0 Å². The zero-order valence-electron chi connectivity index (χ0n) is 17.0. The molecule has 1 saturated heterocycles. The number of aryl methyl sites for hydroxylation is 1. The van der Waals surface area contributed by atoms with E-state index in [1.165, 1.54) is 0 Å². The minimum absolute atomic E-state index is 0.318. The minimum Gasteiger partial charge on any atom is -0.481 e. The Bertz CT molecular complexity index is 1090. The zero-order chi connectivity index (χ0) is 22.0. The quantitative estimate of drug-likeness (QED) is 0.546. The van der Waals surface area contributed by atoms with Gasteiger partial charge >= 0.3 is 12.1 Å². The first-order valence-electron chi connectivity index (χ1n) is 10.1. The third-order valence-electron chi connectivity index (χ3n) is 5.58. The molecule has 2 heterocycles. The molecule has 8 nitrogen and oxygen atoms in total. The normalized spacial score (nSPS) is 16.2. The van der Waals surface area contributed by atoms with Crippen LogP contribution in [0.2, 0.25) is 0 Å². The Labute approximate surface area is 179 Å². The van der Waals surface area contributed by atoms with Crippen molar-refractivity contribution in [3.8, 4) is 22.5 Å². The zero-order valence-corrected chi connectivity index (χ0v) is 17.0. The van der Waals surface area contributed by atoms with Gasteiger partial charge in [-0.1, -0.05) is 41.6 Å². The molecule has 3 N–H and O–H groups in total. The van der Waals surface area contributed by atoms with Gasteiger partial charge in [0, 0.05) is 24.3 Å². The fourth-order valence-corrected chi connectivity index (χ4v) is 3.91. The molecule has 31 heavy (non-hydrogen) atoms. The molecule has 0 aliphatic carbocycles. The third kappa shape index (κ3) is 4.37. The van der Waals surface area contributed by atoms with Crippen LogP contribution in [0, 0.1) is 12.8 Å². The van der Waals surface area contributed by atoms with Crippen molar-refractivity contribution in [3.63, 3.8) is 0 Å². The summed E-state index contributed by atoms with van der Waals surface area (Å²) in [5, 5.41) is 24.5. The number of carboxylic acids is 1. The van der Waals surface area contributed by atoms with Crippen LogP contribution in [0.4, 0.5) is 16.2 Å². The summed E-state index contributed by atoms with van der Waals surface area (Å²) in [5.41, 5.74) is 4.58. The predicted octanol–water partition coefficient (Wildman–Crippen LogP) is 4.71. The number of carboxylic acid groups (broad SMARTS) is 2. The number of amides is 1. The van der Waals surface area contributed by atoms with Crippen molar-refractivity contribution in [2.24, 2.45) is 5.92 Å². The van der Waals surface area contributed by atoms with Gasteiger partial charge in [0.1, 0.15) is 11.4 Å². The van der Waals surface area contributed by atoms with Gasteiger partial charge in [0.05, 0.1) is 5.92 Å². The van der Waals surface area contributed by atoms with Crippen molar-refractivity contribution in [1.82, 2.24) is 5.16 Å². The van der Waals surface area contributed by atoms with Crippen molar-refractivity contribution >= 4 is 23.4 Å². The highest BCUT2D eigenvalue weighted by atomic mass is 16.5. The first-order valence-corrected chi connectivity index (χ1v) is 10.1. The molecule has 0 unspecified atom stereocenters. The smallest absolute Gasteiger partial charge is 0.409 e. The molecule has 8 heteroatoms. The summed E-state index contributed by atoms with van der Waals surface area (Å²) in [6, 6.07) is 15.7. The second-order valence-corrected chi connectivity index (χ2v) is 7.65. The lowest BCUT2D eigenvalue weighted by molar-refractivity contribution is -0.141. The van der Waals surface area contributed by atoms with E-state index in [0.29, 0.717) is 23.7 Å². The highest BCUT2D eigenvalue weighted by Gasteiger charge is 2.25. The molecule has 1 aromatic heterocycles. The van der Waals surface area contributed by atoms with E-state index >= 15 is 0 Å². The Hall–Kier alpha value is -3.81. The Morgan fingerprint density at radius 1 is 1.03 bits per heavy atom. The first-order chi connectivity index (χ1) is 14.9. The number of aromatic nitrogens is 1. The molecular weight excluding hydrogens is 398 g/mol. The first kappa shape index (κ1) is 20.5. The lowest BCUT2D eigenvalue weighted by Crippen LogP contribution is -2.38. The maximum absolute atomic E-state index is 11.3. The van der Waals surface area contributed by atoms with Gasteiger partial charge in [-0.15, -0.1) is 0 Å². The summed E-state index contributed by atoms with van der Waals surface area (Å²) < 4.78 is 5.31. The molecule has 0 spiro atoms. The predicted molar refractivity (Wildman–Crippen MR) is 116 cm³/mol. The Kier molecular flexibility index (Phi) is 5.62. The summed E-state index contributed by atoms with van der Waals surface area (Å²) in [7, 11) is 0.